The molecule has 1 amide bonds. The van der Waals surface area contributed by atoms with Gasteiger partial charge in [0.25, 0.3) is 0 Å². The largest absolute Gasteiger partial charge is 0.379 e. The van der Waals surface area contributed by atoms with E-state index < -0.39 is 0 Å². The molecule has 1 aromatic heterocycles. The van der Waals surface area contributed by atoms with Crippen LogP contribution in [0.2, 0.25) is 0 Å². The summed E-state index contributed by atoms with van der Waals surface area (Å²) >= 11 is 0. The number of aromatic nitrogens is 4. The van der Waals surface area contributed by atoms with Crippen molar-refractivity contribution in [2.24, 2.45) is 5.92 Å². The fraction of sp³-hybridized carbons (Fsp3) is 0.818. The molecule has 8 nitrogen and oxygen atoms in total. The van der Waals surface area contributed by atoms with Gasteiger partial charge in [0, 0.05) is 6.04 Å². The van der Waals surface area contributed by atoms with Gasteiger partial charge < -0.3 is 15.4 Å². The van der Waals surface area contributed by atoms with Crippen LogP contribution in [-0.4, -0.2) is 52.3 Å². The first-order chi connectivity index (χ1) is 9.22. The van der Waals surface area contributed by atoms with Gasteiger partial charge in [-0.25, -0.2) is 0 Å². The SMILES string of the molecule is CCCNC1COCC1C(=O)NC(C)c1nn[nH]n1. The van der Waals surface area contributed by atoms with E-state index in [-0.39, 0.29) is 23.9 Å². The van der Waals surface area contributed by atoms with Crippen molar-refractivity contribution in [1.29, 1.82) is 0 Å². The van der Waals surface area contributed by atoms with Gasteiger partial charge in [0.2, 0.25) is 5.91 Å². The van der Waals surface area contributed by atoms with Crippen molar-refractivity contribution < 1.29 is 9.53 Å². The summed E-state index contributed by atoms with van der Waals surface area (Å²) in [5.74, 6) is 0.273. The molecule has 0 spiro atoms. The maximum absolute atomic E-state index is 12.2. The highest BCUT2D eigenvalue weighted by molar-refractivity contribution is 5.80. The van der Waals surface area contributed by atoms with Crippen LogP contribution in [0.3, 0.4) is 0 Å². The van der Waals surface area contributed by atoms with Crippen LogP contribution in [0.15, 0.2) is 0 Å². The molecular weight excluding hydrogens is 248 g/mol. The smallest absolute Gasteiger partial charge is 0.227 e. The van der Waals surface area contributed by atoms with Crippen molar-refractivity contribution in [2.75, 3.05) is 19.8 Å². The number of H-pyrrole nitrogens is 1. The van der Waals surface area contributed by atoms with Crippen molar-refractivity contribution in [3.05, 3.63) is 5.82 Å². The molecule has 3 atom stereocenters. The topological polar surface area (TPSA) is 105 Å². The summed E-state index contributed by atoms with van der Waals surface area (Å²) in [5, 5.41) is 19.8. The summed E-state index contributed by atoms with van der Waals surface area (Å²) in [7, 11) is 0. The van der Waals surface area contributed by atoms with Crippen LogP contribution >= 0.6 is 0 Å². The zero-order chi connectivity index (χ0) is 13.7. The molecule has 0 bridgehead atoms. The quantitative estimate of drug-likeness (QED) is 0.636. The van der Waals surface area contributed by atoms with Crippen LogP contribution in [-0.2, 0) is 9.53 Å². The molecular formula is C11H20N6O2. The summed E-state index contributed by atoms with van der Waals surface area (Å²) in [6, 6.07) is -0.184. The molecule has 19 heavy (non-hydrogen) atoms. The number of hydrogen-bond acceptors (Lipinski definition) is 6. The van der Waals surface area contributed by atoms with Crippen molar-refractivity contribution in [2.45, 2.75) is 32.4 Å². The van der Waals surface area contributed by atoms with E-state index in [0.717, 1.165) is 13.0 Å². The van der Waals surface area contributed by atoms with E-state index in [1.165, 1.54) is 0 Å². The van der Waals surface area contributed by atoms with Gasteiger partial charge in [0.15, 0.2) is 5.82 Å². The summed E-state index contributed by atoms with van der Waals surface area (Å²) < 4.78 is 5.39. The maximum Gasteiger partial charge on any atom is 0.227 e. The van der Waals surface area contributed by atoms with Crippen LogP contribution in [0.25, 0.3) is 0 Å². The highest BCUT2D eigenvalue weighted by Gasteiger charge is 2.34. The van der Waals surface area contributed by atoms with E-state index in [1.54, 1.807) is 0 Å². The Morgan fingerprint density at radius 1 is 1.58 bits per heavy atom. The van der Waals surface area contributed by atoms with Gasteiger partial charge in [0.05, 0.1) is 25.2 Å². The number of aromatic amines is 1. The zero-order valence-corrected chi connectivity index (χ0v) is 11.2. The molecule has 106 valence electrons. The lowest BCUT2D eigenvalue weighted by molar-refractivity contribution is -0.126. The first-order valence-corrected chi connectivity index (χ1v) is 6.57. The predicted octanol–water partition coefficient (Wildman–Crippen LogP) is -0.608. The van der Waals surface area contributed by atoms with E-state index in [9.17, 15) is 4.79 Å². The number of nitrogens with zero attached hydrogens (tertiary/aromatic N) is 3. The van der Waals surface area contributed by atoms with Gasteiger partial charge in [-0.3, -0.25) is 4.79 Å². The molecule has 1 aliphatic heterocycles. The van der Waals surface area contributed by atoms with Gasteiger partial charge in [0.1, 0.15) is 0 Å². The summed E-state index contributed by atoms with van der Waals surface area (Å²) in [4.78, 5) is 12.2. The van der Waals surface area contributed by atoms with E-state index in [4.69, 9.17) is 4.74 Å². The van der Waals surface area contributed by atoms with Crippen LogP contribution < -0.4 is 10.6 Å². The Kier molecular flexibility index (Phi) is 4.80. The Bertz CT molecular complexity index is 396. The molecule has 8 heteroatoms. The molecule has 1 aliphatic rings. The highest BCUT2D eigenvalue weighted by atomic mass is 16.5. The number of hydrogen-bond donors (Lipinski definition) is 3. The third-order valence-electron chi connectivity index (χ3n) is 3.18. The summed E-state index contributed by atoms with van der Waals surface area (Å²) in [6.07, 6.45) is 1.03. The average Bonchev–Trinajstić information content (AvgIpc) is 3.07. The lowest BCUT2D eigenvalue weighted by atomic mass is 10.0. The molecule has 2 heterocycles. The fourth-order valence-electron chi connectivity index (χ4n) is 2.08. The third kappa shape index (κ3) is 3.48. The zero-order valence-electron chi connectivity index (χ0n) is 11.2. The van der Waals surface area contributed by atoms with Gasteiger partial charge >= 0.3 is 0 Å². The fourth-order valence-corrected chi connectivity index (χ4v) is 2.08. The van der Waals surface area contributed by atoms with Gasteiger partial charge in [-0.1, -0.05) is 12.1 Å². The highest BCUT2D eigenvalue weighted by Crippen LogP contribution is 2.15. The second kappa shape index (κ2) is 6.58. The first-order valence-electron chi connectivity index (χ1n) is 6.57. The molecule has 0 radical (unpaired) electrons. The number of carbonyl (C=O) groups excluding carboxylic acids is 1. The molecule has 3 unspecified atom stereocenters. The van der Waals surface area contributed by atoms with E-state index in [1.807, 2.05) is 6.92 Å². The average molecular weight is 268 g/mol. The number of carbonyl (C=O) groups is 1. The molecule has 3 N–H and O–H groups in total. The van der Waals surface area contributed by atoms with Crippen LogP contribution in [0, 0.1) is 5.92 Å². The summed E-state index contributed by atoms with van der Waals surface area (Å²) in [6.45, 7) is 5.84. The van der Waals surface area contributed by atoms with Gasteiger partial charge in [-0.05, 0) is 19.9 Å². The predicted molar refractivity (Wildman–Crippen MR) is 67.1 cm³/mol. The Hall–Kier alpha value is -1.54. The number of amides is 1. The Morgan fingerprint density at radius 3 is 3.11 bits per heavy atom. The van der Waals surface area contributed by atoms with E-state index in [0.29, 0.717) is 19.0 Å². The maximum atomic E-state index is 12.2. The van der Waals surface area contributed by atoms with Gasteiger partial charge in [-0.2, -0.15) is 5.21 Å². The Morgan fingerprint density at radius 2 is 2.42 bits per heavy atom. The van der Waals surface area contributed by atoms with Crippen molar-refractivity contribution >= 4 is 5.91 Å². The monoisotopic (exact) mass is 268 g/mol. The van der Waals surface area contributed by atoms with E-state index in [2.05, 4.69) is 38.2 Å². The minimum Gasteiger partial charge on any atom is -0.379 e. The normalized spacial score (nSPS) is 24.3. The molecule has 0 aromatic carbocycles. The van der Waals surface area contributed by atoms with Crippen molar-refractivity contribution in [3.8, 4) is 0 Å². The molecule has 1 aromatic rings. The second-order valence-corrected chi connectivity index (χ2v) is 4.70. The molecule has 0 saturated carbocycles. The van der Waals surface area contributed by atoms with Crippen molar-refractivity contribution in [3.63, 3.8) is 0 Å². The number of tetrazole rings is 1. The standard InChI is InChI=1S/C11H20N6O2/c1-3-4-12-9-6-19-5-8(9)11(18)13-7(2)10-14-16-17-15-10/h7-9,12H,3-6H2,1-2H3,(H,13,18)(H,14,15,16,17). The second-order valence-electron chi connectivity index (χ2n) is 4.70. The number of nitrogens with one attached hydrogen (secondary N) is 3. The Labute approximate surface area is 111 Å². The minimum absolute atomic E-state index is 0.0385. The summed E-state index contributed by atoms with van der Waals surface area (Å²) in [5.41, 5.74) is 0. The molecule has 1 fully saturated rings. The van der Waals surface area contributed by atoms with Crippen LogP contribution in [0.4, 0.5) is 0 Å². The molecule has 1 saturated heterocycles. The molecule has 2 rings (SSSR count). The van der Waals surface area contributed by atoms with Crippen molar-refractivity contribution in [1.82, 2.24) is 31.3 Å². The van der Waals surface area contributed by atoms with Gasteiger partial charge in [-0.15, -0.1) is 10.2 Å². The lowest BCUT2D eigenvalue weighted by Gasteiger charge is -2.20. The van der Waals surface area contributed by atoms with Crippen LogP contribution in [0.5, 0.6) is 0 Å². The van der Waals surface area contributed by atoms with Crippen LogP contribution in [0.1, 0.15) is 32.1 Å². The first kappa shape index (κ1) is 13.9. The Balaban J connectivity index is 1.88. The molecule has 0 aliphatic carbocycles. The van der Waals surface area contributed by atoms with E-state index >= 15 is 0 Å². The lowest BCUT2D eigenvalue weighted by Crippen LogP contribution is -2.44. The minimum atomic E-state index is -0.265. The number of rotatable bonds is 6. The number of ether oxygens (including phenoxy) is 1. The third-order valence-corrected chi connectivity index (χ3v) is 3.18.